The molecular formula is C22H26N2O2. The molecule has 0 aliphatic carbocycles. The molecule has 0 unspecified atom stereocenters. The van der Waals surface area contributed by atoms with Crippen molar-refractivity contribution in [1.29, 1.82) is 0 Å². The second kappa shape index (κ2) is 8.65. The average molecular weight is 350 g/mol. The van der Waals surface area contributed by atoms with Gasteiger partial charge in [-0.2, -0.15) is 0 Å². The summed E-state index contributed by atoms with van der Waals surface area (Å²) in [7, 11) is 0. The molecule has 2 amide bonds. The lowest BCUT2D eigenvalue weighted by Crippen LogP contribution is -2.37. The molecule has 0 spiro atoms. The van der Waals surface area contributed by atoms with Gasteiger partial charge < -0.3 is 9.80 Å². The normalized spacial score (nSPS) is 14.8. The van der Waals surface area contributed by atoms with Crippen LogP contribution in [0.1, 0.15) is 34.3 Å². The van der Waals surface area contributed by atoms with E-state index < -0.39 is 0 Å². The molecule has 4 heteroatoms. The van der Waals surface area contributed by atoms with Crippen LogP contribution in [0, 0.1) is 6.92 Å². The molecule has 2 aromatic rings. The maximum absolute atomic E-state index is 12.6. The molecule has 1 aliphatic heterocycles. The van der Waals surface area contributed by atoms with Crippen LogP contribution >= 0.6 is 0 Å². The lowest BCUT2D eigenvalue weighted by Gasteiger charge is -2.22. The Morgan fingerprint density at radius 3 is 2.23 bits per heavy atom. The van der Waals surface area contributed by atoms with Crippen molar-refractivity contribution in [2.75, 3.05) is 26.2 Å². The minimum Gasteiger partial charge on any atom is -0.341 e. The summed E-state index contributed by atoms with van der Waals surface area (Å²) in [5.41, 5.74) is 3.14. The summed E-state index contributed by atoms with van der Waals surface area (Å²) in [6.07, 6.45) is 2.12. The molecule has 2 aromatic carbocycles. The van der Waals surface area contributed by atoms with E-state index in [2.05, 4.69) is 31.2 Å². The van der Waals surface area contributed by atoms with Crippen molar-refractivity contribution in [2.24, 2.45) is 0 Å². The van der Waals surface area contributed by atoms with E-state index in [1.54, 1.807) is 0 Å². The number of carbonyl (C=O) groups is 2. The first kappa shape index (κ1) is 18.2. The lowest BCUT2D eigenvalue weighted by atomic mass is 10.1. The van der Waals surface area contributed by atoms with Gasteiger partial charge in [-0.1, -0.05) is 48.0 Å². The Morgan fingerprint density at radius 2 is 1.50 bits per heavy atom. The molecule has 0 bridgehead atoms. The van der Waals surface area contributed by atoms with Crippen LogP contribution in [0.3, 0.4) is 0 Å². The zero-order valence-corrected chi connectivity index (χ0v) is 15.4. The van der Waals surface area contributed by atoms with E-state index in [9.17, 15) is 9.59 Å². The van der Waals surface area contributed by atoms with Gasteiger partial charge in [0.2, 0.25) is 5.91 Å². The van der Waals surface area contributed by atoms with Gasteiger partial charge in [0.25, 0.3) is 5.91 Å². The van der Waals surface area contributed by atoms with Crippen LogP contribution in [-0.4, -0.2) is 47.8 Å². The highest BCUT2D eigenvalue weighted by Gasteiger charge is 2.22. The van der Waals surface area contributed by atoms with Gasteiger partial charge in [0.05, 0.1) is 0 Å². The molecule has 0 saturated carbocycles. The summed E-state index contributed by atoms with van der Waals surface area (Å²) in [6.45, 7) is 4.71. The highest BCUT2D eigenvalue weighted by Crippen LogP contribution is 2.12. The summed E-state index contributed by atoms with van der Waals surface area (Å²) in [5.74, 6) is 0.235. The van der Waals surface area contributed by atoms with Crippen molar-refractivity contribution < 1.29 is 9.59 Å². The zero-order chi connectivity index (χ0) is 18.4. The molecule has 26 heavy (non-hydrogen) atoms. The Morgan fingerprint density at radius 1 is 0.846 bits per heavy atom. The van der Waals surface area contributed by atoms with Crippen molar-refractivity contribution in [1.82, 2.24) is 9.80 Å². The van der Waals surface area contributed by atoms with Crippen LogP contribution in [-0.2, 0) is 11.2 Å². The van der Waals surface area contributed by atoms with Crippen molar-refractivity contribution in [3.63, 3.8) is 0 Å². The van der Waals surface area contributed by atoms with E-state index in [-0.39, 0.29) is 11.8 Å². The van der Waals surface area contributed by atoms with Gasteiger partial charge in [-0.3, -0.25) is 9.59 Å². The third-order valence-corrected chi connectivity index (χ3v) is 4.90. The van der Waals surface area contributed by atoms with Crippen molar-refractivity contribution in [3.05, 3.63) is 71.3 Å². The second-order valence-corrected chi connectivity index (χ2v) is 6.88. The largest absolute Gasteiger partial charge is 0.341 e. The number of nitrogens with zero attached hydrogens (tertiary/aromatic N) is 2. The predicted molar refractivity (Wildman–Crippen MR) is 103 cm³/mol. The van der Waals surface area contributed by atoms with E-state index in [0.29, 0.717) is 31.6 Å². The standard InChI is InChI=1S/C22H26N2O2/c1-18-8-10-19(11-9-18)12-13-21(25)23-14-5-15-24(17-16-23)22(26)20-6-3-2-4-7-20/h2-4,6-11H,5,12-17H2,1H3. The first-order valence-electron chi connectivity index (χ1n) is 9.31. The van der Waals surface area contributed by atoms with Crippen LogP contribution < -0.4 is 0 Å². The third kappa shape index (κ3) is 4.72. The number of carbonyl (C=O) groups excluding carboxylic acids is 2. The van der Waals surface area contributed by atoms with Crippen LogP contribution in [0.4, 0.5) is 0 Å². The molecule has 136 valence electrons. The molecule has 1 aliphatic rings. The van der Waals surface area contributed by atoms with Crippen molar-refractivity contribution in [3.8, 4) is 0 Å². The van der Waals surface area contributed by atoms with Crippen LogP contribution in [0.5, 0.6) is 0 Å². The molecule has 1 heterocycles. The fraction of sp³-hybridized carbons (Fsp3) is 0.364. The molecular weight excluding hydrogens is 324 g/mol. The molecule has 0 radical (unpaired) electrons. The van der Waals surface area contributed by atoms with Crippen molar-refractivity contribution in [2.45, 2.75) is 26.2 Å². The van der Waals surface area contributed by atoms with Gasteiger partial charge in [0.15, 0.2) is 0 Å². The summed E-state index contributed by atoms with van der Waals surface area (Å²) < 4.78 is 0. The number of hydrogen-bond acceptors (Lipinski definition) is 2. The van der Waals surface area contributed by atoms with Crippen LogP contribution in [0.15, 0.2) is 54.6 Å². The molecule has 1 saturated heterocycles. The predicted octanol–water partition coefficient (Wildman–Crippen LogP) is 3.30. The number of hydrogen-bond donors (Lipinski definition) is 0. The van der Waals surface area contributed by atoms with Gasteiger partial charge >= 0.3 is 0 Å². The molecule has 4 nitrogen and oxygen atoms in total. The number of aryl methyl sites for hydroxylation is 2. The Kier molecular flexibility index (Phi) is 6.05. The van der Waals surface area contributed by atoms with E-state index in [1.807, 2.05) is 40.1 Å². The lowest BCUT2D eigenvalue weighted by molar-refractivity contribution is -0.131. The SMILES string of the molecule is Cc1ccc(CCC(=O)N2CCCN(C(=O)c3ccccc3)CC2)cc1. The first-order valence-corrected chi connectivity index (χ1v) is 9.31. The maximum Gasteiger partial charge on any atom is 0.253 e. The summed E-state index contributed by atoms with van der Waals surface area (Å²) in [5, 5.41) is 0. The third-order valence-electron chi connectivity index (χ3n) is 4.90. The fourth-order valence-electron chi connectivity index (χ4n) is 3.30. The topological polar surface area (TPSA) is 40.6 Å². The van der Waals surface area contributed by atoms with E-state index >= 15 is 0 Å². The average Bonchev–Trinajstić information content (AvgIpc) is 2.94. The smallest absolute Gasteiger partial charge is 0.253 e. The highest BCUT2D eigenvalue weighted by molar-refractivity contribution is 5.94. The minimum absolute atomic E-state index is 0.0551. The Balaban J connectivity index is 1.52. The van der Waals surface area contributed by atoms with E-state index in [1.165, 1.54) is 11.1 Å². The van der Waals surface area contributed by atoms with Crippen LogP contribution in [0.25, 0.3) is 0 Å². The van der Waals surface area contributed by atoms with Gasteiger partial charge in [-0.25, -0.2) is 0 Å². The maximum atomic E-state index is 12.6. The number of rotatable bonds is 4. The Bertz CT molecular complexity index is 740. The first-order chi connectivity index (χ1) is 12.6. The monoisotopic (exact) mass is 350 g/mol. The van der Waals surface area contributed by atoms with E-state index in [4.69, 9.17) is 0 Å². The molecule has 0 atom stereocenters. The van der Waals surface area contributed by atoms with Crippen molar-refractivity contribution >= 4 is 11.8 Å². The molecule has 1 fully saturated rings. The molecule has 3 rings (SSSR count). The molecule has 0 aromatic heterocycles. The van der Waals surface area contributed by atoms with Gasteiger partial charge in [-0.05, 0) is 37.5 Å². The molecule has 0 N–H and O–H groups in total. The van der Waals surface area contributed by atoms with E-state index in [0.717, 1.165) is 19.4 Å². The zero-order valence-electron chi connectivity index (χ0n) is 15.4. The summed E-state index contributed by atoms with van der Waals surface area (Å²) in [4.78, 5) is 28.9. The van der Waals surface area contributed by atoms with Gasteiger partial charge in [0, 0.05) is 38.2 Å². The Labute approximate surface area is 155 Å². The van der Waals surface area contributed by atoms with Gasteiger partial charge in [0.1, 0.15) is 0 Å². The Hall–Kier alpha value is -2.62. The highest BCUT2D eigenvalue weighted by atomic mass is 16.2. The number of benzene rings is 2. The number of amides is 2. The second-order valence-electron chi connectivity index (χ2n) is 6.88. The quantitative estimate of drug-likeness (QED) is 0.849. The fourth-order valence-corrected chi connectivity index (χ4v) is 3.30. The summed E-state index contributed by atoms with van der Waals surface area (Å²) in [6, 6.07) is 17.7. The van der Waals surface area contributed by atoms with Gasteiger partial charge in [-0.15, -0.1) is 0 Å². The minimum atomic E-state index is 0.0551. The summed E-state index contributed by atoms with van der Waals surface area (Å²) >= 11 is 0. The van der Waals surface area contributed by atoms with Crippen LogP contribution in [0.2, 0.25) is 0 Å².